The second-order valence-corrected chi connectivity index (χ2v) is 7.53. The summed E-state index contributed by atoms with van der Waals surface area (Å²) in [6, 6.07) is 3.85. The molecule has 1 aromatic carbocycles. The summed E-state index contributed by atoms with van der Waals surface area (Å²) < 4.78 is 10.9. The maximum atomic E-state index is 12.7. The summed E-state index contributed by atoms with van der Waals surface area (Å²) in [7, 11) is 1.61. The Hall–Kier alpha value is -2.25. The predicted molar refractivity (Wildman–Crippen MR) is 113 cm³/mol. The number of halogens is 1. The highest BCUT2D eigenvalue weighted by Crippen LogP contribution is 2.34. The molecule has 0 aromatic heterocycles. The minimum atomic E-state index is -0.0846. The van der Waals surface area contributed by atoms with Crippen LogP contribution in [0.1, 0.15) is 12.0 Å². The van der Waals surface area contributed by atoms with Gasteiger partial charge in [-0.15, -0.1) is 0 Å². The molecule has 0 bridgehead atoms. The number of amides is 2. The van der Waals surface area contributed by atoms with Crippen LogP contribution in [-0.4, -0.2) is 81.2 Å². The molecule has 158 valence electrons. The van der Waals surface area contributed by atoms with Gasteiger partial charge in [0.25, 0.3) is 0 Å². The van der Waals surface area contributed by atoms with Gasteiger partial charge in [0, 0.05) is 51.8 Å². The number of methoxy groups -OCH3 is 1. The van der Waals surface area contributed by atoms with Crippen LogP contribution in [0.2, 0.25) is 5.02 Å². The molecule has 0 N–H and O–H groups in total. The Morgan fingerprint density at radius 3 is 2.41 bits per heavy atom. The lowest BCUT2D eigenvalue weighted by atomic mass is 10.1. The van der Waals surface area contributed by atoms with E-state index in [0.717, 1.165) is 24.3 Å². The molecule has 29 heavy (non-hydrogen) atoms. The summed E-state index contributed by atoms with van der Waals surface area (Å²) in [5, 5.41) is 0.641. The van der Waals surface area contributed by atoms with Crippen LogP contribution in [0.4, 0.5) is 5.69 Å². The van der Waals surface area contributed by atoms with Crippen molar-refractivity contribution in [1.82, 2.24) is 9.80 Å². The third-order valence-electron chi connectivity index (χ3n) is 5.43. The summed E-state index contributed by atoms with van der Waals surface area (Å²) in [5.41, 5.74) is 1.92. The normalized spacial score (nSPS) is 17.2. The Labute approximate surface area is 176 Å². The summed E-state index contributed by atoms with van der Waals surface area (Å²) in [4.78, 5) is 30.1. The van der Waals surface area contributed by atoms with Gasteiger partial charge >= 0.3 is 0 Å². The van der Waals surface area contributed by atoms with Gasteiger partial charge in [-0.25, -0.2) is 0 Å². The van der Waals surface area contributed by atoms with Crippen LogP contribution >= 0.6 is 11.6 Å². The van der Waals surface area contributed by atoms with Gasteiger partial charge in [0.05, 0.1) is 31.0 Å². The highest BCUT2D eigenvalue weighted by atomic mass is 35.5. The lowest BCUT2D eigenvalue weighted by Gasteiger charge is -2.34. The van der Waals surface area contributed by atoms with Crippen molar-refractivity contribution >= 4 is 29.1 Å². The minimum absolute atomic E-state index is 0.0839. The van der Waals surface area contributed by atoms with Gasteiger partial charge < -0.3 is 24.2 Å². The molecular formula is C21H28ClN3O4. The summed E-state index contributed by atoms with van der Waals surface area (Å²) >= 11 is 6.47. The number of ether oxygens (including phenoxy) is 2. The lowest BCUT2D eigenvalue weighted by Crippen LogP contribution is -2.50. The lowest BCUT2D eigenvalue weighted by molar-refractivity contribution is -0.137. The fraction of sp³-hybridized carbons (Fsp3) is 0.524. The van der Waals surface area contributed by atoms with E-state index in [4.69, 9.17) is 21.1 Å². The first-order valence-corrected chi connectivity index (χ1v) is 10.3. The smallest absolute Gasteiger partial charge is 0.246 e. The van der Waals surface area contributed by atoms with Gasteiger partial charge in [-0.2, -0.15) is 0 Å². The number of carbonyl (C=O) groups excluding carboxylic acids is 2. The molecule has 0 radical (unpaired) electrons. The van der Waals surface area contributed by atoms with E-state index in [2.05, 4.69) is 11.5 Å². The summed E-state index contributed by atoms with van der Waals surface area (Å²) in [6.45, 7) is 8.64. The van der Waals surface area contributed by atoms with E-state index in [-0.39, 0.29) is 11.8 Å². The van der Waals surface area contributed by atoms with Crippen LogP contribution < -0.4 is 9.64 Å². The zero-order valence-electron chi connectivity index (χ0n) is 16.9. The molecule has 8 heteroatoms. The van der Waals surface area contributed by atoms with E-state index >= 15 is 0 Å². The maximum absolute atomic E-state index is 12.7. The second-order valence-electron chi connectivity index (χ2n) is 7.13. The number of nitrogens with zero attached hydrogens (tertiary/aromatic N) is 3. The number of piperazine rings is 1. The van der Waals surface area contributed by atoms with E-state index in [9.17, 15) is 9.59 Å². The molecule has 0 spiro atoms. The Morgan fingerprint density at radius 2 is 1.79 bits per heavy atom. The topological polar surface area (TPSA) is 62.3 Å². The van der Waals surface area contributed by atoms with E-state index in [0.29, 0.717) is 63.0 Å². The number of hydrogen-bond donors (Lipinski definition) is 0. The summed E-state index contributed by atoms with van der Waals surface area (Å²) in [6.07, 6.45) is 2.27. The third kappa shape index (κ3) is 5.22. The minimum Gasteiger partial charge on any atom is -0.496 e. The van der Waals surface area contributed by atoms with Crippen LogP contribution in [0.5, 0.6) is 5.75 Å². The highest BCUT2D eigenvalue weighted by molar-refractivity contribution is 6.33. The van der Waals surface area contributed by atoms with Crippen molar-refractivity contribution in [3.8, 4) is 5.75 Å². The van der Waals surface area contributed by atoms with E-state index in [1.807, 2.05) is 17.0 Å². The van der Waals surface area contributed by atoms with Crippen molar-refractivity contribution in [2.75, 3.05) is 64.5 Å². The molecular weight excluding hydrogens is 394 g/mol. The van der Waals surface area contributed by atoms with E-state index < -0.39 is 0 Å². The zero-order chi connectivity index (χ0) is 20.8. The second kappa shape index (κ2) is 9.98. The first-order valence-electron chi connectivity index (χ1n) is 9.91. The molecule has 0 saturated carbocycles. The molecule has 0 atom stereocenters. The molecule has 7 nitrogen and oxygen atoms in total. The quantitative estimate of drug-likeness (QED) is 0.657. The molecule has 2 saturated heterocycles. The average Bonchev–Trinajstić information content (AvgIpc) is 2.77. The first-order chi connectivity index (χ1) is 14.0. The van der Waals surface area contributed by atoms with Gasteiger partial charge in [-0.05, 0) is 24.1 Å². The average molecular weight is 422 g/mol. The van der Waals surface area contributed by atoms with Crippen molar-refractivity contribution in [3.05, 3.63) is 35.4 Å². The molecule has 2 aliphatic rings. The number of benzene rings is 1. The fourth-order valence-electron chi connectivity index (χ4n) is 3.72. The van der Waals surface area contributed by atoms with Gasteiger partial charge in [-0.1, -0.05) is 18.2 Å². The molecule has 2 aliphatic heterocycles. The Balaban J connectivity index is 1.62. The predicted octanol–water partition coefficient (Wildman–Crippen LogP) is 1.97. The van der Waals surface area contributed by atoms with Crippen molar-refractivity contribution in [3.63, 3.8) is 0 Å². The standard InChI is InChI=1S/C21H28ClN3O4/c1-3-20(26)24-6-8-25(9-7-24)21(27)5-4-16-14-18(17(22)15-19(16)28-2)23-10-12-29-13-11-23/h3,14-15H,1,4-13H2,2H3. The summed E-state index contributed by atoms with van der Waals surface area (Å²) in [5.74, 6) is 0.695. The Bertz CT molecular complexity index is 757. The van der Waals surface area contributed by atoms with E-state index in [1.165, 1.54) is 6.08 Å². The number of aryl methyl sites for hydroxylation is 1. The van der Waals surface area contributed by atoms with Crippen molar-refractivity contribution in [2.45, 2.75) is 12.8 Å². The van der Waals surface area contributed by atoms with Gasteiger partial charge in [0.2, 0.25) is 11.8 Å². The Morgan fingerprint density at radius 1 is 1.14 bits per heavy atom. The van der Waals surface area contributed by atoms with Crippen LogP contribution in [0.15, 0.2) is 24.8 Å². The van der Waals surface area contributed by atoms with Crippen molar-refractivity contribution < 1.29 is 19.1 Å². The first kappa shape index (κ1) is 21.5. The molecule has 2 heterocycles. The fourth-order valence-corrected chi connectivity index (χ4v) is 4.00. The molecule has 2 fully saturated rings. The van der Waals surface area contributed by atoms with Crippen LogP contribution in [0, 0.1) is 0 Å². The largest absolute Gasteiger partial charge is 0.496 e. The number of hydrogen-bond acceptors (Lipinski definition) is 5. The van der Waals surface area contributed by atoms with Gasteiger partial charge in [0.1, 0.15) is 5.75 Å². The monoisotopic (exact) mass is 421 g/mol. The molecule has 2 amide bonds. The Kier molecular flexibility index (Phi) is 7.39. The van der Waals surface area contributed by atoms with Crippen molar-refractivity contribution in [1.29, 1.82) is 0 Å². The van der Waals surface area contributed by atoms with Crippen molar-refractivity contribution in [2.24, 2.45) is 0 Å². The molecule has 0 aliphatic carbocycles. The SMILES string of the molecule is C=CC(=O)N1CCN(C(=O)CCc2cc(N3CCOCC3)c(Cl)cc2OC)CC1. The molecule has 0 unspecified atom stereocenters. The van der Waals surface area contributed by atoms with Crippen LogP contribution in [0.3, 0.4) is 0 Å². The van der Waals surface area contributed by atoms with Crippen LogP contribution in [0.25, 0.3) is 0 Å². The van der Waals surface area contributed by atoms with Crippen LogP contribution in [-0.2, 0) is 20.7 Å². The number of rotatable bonds is 6. The number of morpholine rings is 1. The van der Waals surface area contributed by atoms with Gasteiger partial charge in [0.15, 0.2) is 0 Å². The number of carbonyl (C=O) groups is 2. The number of anilines is 1. The third-order valence-corrected chi connectivity index (χ3v) is 5.73. The highest BCUT2D eigenvalue weighted by Gasteiger charge is 2.23. The zero-order valence-corrected chi connectivity index (χ0v) is 17.6. The van der Waals surface area contributed by atoms with E-state index in [1.54, 1.807) is 12.0 Å². The van der Waals surface area contributed by atoms with Gasteiger partial charge in [-0.3, -0.25) is 9.59 Å². The molecule has 3 rings (SSSR count). The molecule has 1 aromatic rings. The maximum Gasteiger partial charge on any atom is 0.246 e.